The van der Waals surface area contributed by atoms with Crippen LogP contribution < -0.4 is 0 Å². The first-order valence-electron chi connectivity index (χ1n) is 10.1. The molecule has 0 aromatic carbocycles. The van der Waals surface area contributed by atoms with Crippen LogP contribution in [0, 0.1) is 5.92 Å². The zero-order chi connectivity index (χ0) is 18.3. The predicted molar refractivity (Wildman–Crippen MR) is 103 cm³/mol. The maximum atomic E-state index is 13.4. The second-order valence-electron chi connectivity index (χ2n) is 8.43. The summed E-state index contributed by atoms with van der Waals surface area (Å²) in [4.78, 5) is 11.9. The molecule has 4 rings (SSSR count). The van der Waals surface area contributed by atoms with Crippen LogP contribution in [0.1, 0.15) is 58.8 Å². The number of alkyl halides is 1. The minimum Gasteiger partial charge on any atom is -0.393 e. The van der Waals surface area contributed by atoms with Gasteiger partial charge in [-0.2, -0.15) is 0 Å². The van der Waals surface area contributed by atoms with E-state index in [4.69, 9.17) is 4.99 Å². The molecule has 1 aliphatic carbocycles. The molecule has 3 fully saturated rings. The minimum atomic E-state index is -0.650. The molecule has 142 valence electrons. The lowest BCUT2D eigenvalue weighted by molar-refractivity contribution is 0.0708. The van der Waals surface area contributed by atoms with Crippen LogP contribution >= 0.6 is 0 Å². The fourth-order valence-corrected chi connectivity index (χ4v) is 5.28. The Morgan fingerprint density at radius 1 is 1.19 bits per heavy atom. The number of aliphatic hydroxyl groups is 1. The molecule has 3 heterocycles. The van der Waals surface area contributed by atoms with Gasteiger partial charge in [-0.25, -0.2) is 9.38 Å². The number of nitrogens with zero attached hydrogens (tertiary/aromatic N) is 3. The van der Waals surface area contributed by atoms with Crippen molar-refractivity contribution >= 4 is 11.5 Å². The lowest BCUT2D eigenvalue weighted by Crippen LogP contribution is -2.47. The lowest BCUT2D eigenvalue weighted by atomic mass is 10.00. The molecule has 4 aliphatic rings. The average molecular weight is 359 g/mol. The van der Waals surface area contributed by atoms with Crippen LogP contribution in [0.25, 0.3) is 0 Å². The van der Waals surface area contributed by atoms with E-state index in [1.54, 1.807) is 0 Å². The average Bonchev–Trinajstić information content (AvgIpc) is 3.26. The summed E-state index contributed by atoms with van der Waals surface area (Å²) in [6.45, 7) is 4.82. The van der Waals surface area contributed by atoms with Gasteiger partial charge >= 0.3 is 0 Å². The number of hydrogen-bond donors (Lipinski definition) is 1. The van der Waals surface area contributed by atoms with Gasteiger partial charge in [0, 0.05) is 29.4 Å². The highest BCUT2D eigenvalue weighted by molar-refractivity contribution is 6.00. The fraction of sp³-hybridized carbons (Fsp3) is 0.714. The summed E-state index contributed by atoms with van der Waals surface area (Å²) in [6.07, 6.45) is 9.75. The zero-order valence-corrected chi connectivity index (χ0v) is 15.9. The van der Waals surface area contributed by atoms with Gasteiger partial charge in [0.2, 0.25) is 0 Å². The Kier molecular flexibility index (Phi) is 5.00. The van der Waals surface area contributed by atoms with Crippen LogP contribution in [0.2, 0.25) is 0 Å². The summed E-state index contributed by atoms with van der Waals surface area (Å²) in [5.74, 6) is 1.37. The van der Waals surface area contributed by atoms with E-state index in [-0.39, 0.29) is 6.10 Å². The summed E-state index contributed by atoms with van der Waals surface area (Å²) in [5.41, 5.74) is 3.24. The molecule has 26 heavy (non-hydrogen) atoms. The molecule has 3 aliphatic heterocycles. The molecule has 0 spiro atoms. The van der Waals surface area contributed by atoms with Gasteiger partial charge in [0.1, 0.15) is 12.0 Å². The Balaban J connectivity index is 1.41. The number of piperidine rings is 1. The first-order chi connectivity index (χ1) is 12.5. The monoisotopic (exact) mass is 359 g/mol. The Morgan fingerprint density at radius 2 is 1.92 bits per heavy atom. The number of aliphatic hydroxyl groups excluding tert-OH is 1. The molecule has 1 saturated carbocycles. The van der Waals surface area contributed by atoms with Crippen LogP contribution in [-0.2, 0) is 0 Å². The molecule has 0 aromatic rings. The van der Waals surface area contributed by atoms with Crippen molar-refractivity contribution in [2.75, 3.05) is 6.54 Å². The highest BCUT2D eigenvalue weighted by Crippen LogP contribution is 2.36. The Bertz CT molecular complexity index is 667. The van der Waals surface area contributed by atoms with E-state index >= 15 is 0 Å². The highest BCUT2D eigenvalue weighted by atomic mass is 19.1. The number of aliphatic imine (C=N–C) groups is 2. The maximum Gasteiger partial charge on any atom is 0.102 e. The van der Waals surface area contributed by atoms with E-state index in [0.29, 0.717) is 37.4 Å². The van der Waals surface area contributed by atoms with Crippen molar-refractivity contribution < 1.29 is 9.50 Å². The molecule has 0 amide bonds. The summed E-state index contributed by atoms with van der Waals surface area (Å²) in [7, 11) is 0. The fourth-order valence-electron chi connectivity index (χ4n) is 5.28. The third kappa shape index (κ3) is 3.64. The van der Waals surface area contributed by atoms with Gasteiger partial charge < -0.3 is 10.0 Å². The van der Waals surface area contributed by atoms with E-state index in [0.717, 1.165) is 49.3 Å². The van der Waals surface area contributed by atoms with E-state index in [9.17, 15) is 9.50 Å². The highest BCUT2D eigenvalue weighted by Gasteiger charge is 2.40. The molecule has 2 saturated heterocycles. The van der Waals surface area contributed by atoms with Crippen LogP contribution in [0.3, 0.4) is 0 Å². The quantitative estimate of drug-likeness (QED) is 0.615. The van der Waals surface area contributed by atoms with Gasteiger partial charge in [0.25, 0.3) is 0 Å². The summed E-state index contributed by atoms with van der Waals surface area (Å²) >= 11 is 0. The standard InChI is InChI=1S/C21H30FN3O/c1-13(7-15-8-21(23-12-15)16-3-4-17(22)9-16)24-14(2)25-18-5-6-19(25)11-20(26)10-18/h7-8,16-20,26H,3-6,9-12H2,1-2H3/b13-7-,24-14?. The van der Waals surface area contributed by atoms with Gasteiger partial charge in [-0.3, -0.25) is 4.99 Å². The molecule has 4 unspecified atom stereocenters. The van der Waals surface area contributed by atoms with Crippen LogP contribution in [-0.4, -0.2) is 52.5 Å². The molecular weight excluding hydrogens is 329 g/mol. The SMILES string of the molecule is CC(=N/C(C)=C\C1=CC(C2CCC(F)C2)=NC1)N1C2CCC1CC(O)C2. The van der Waals surface area contributed by atoms with Crippen molar-refractivity contribution in [3.8, 4) is 0 Å². The van der Waals surface area contributed by atoms with Gasteiger partial charge in [0.05, 0.1) is 12.6 Å². The summed E-state index contributed by atoms with van der Waals surface area (Å²) < 4.78 is 13.4. The topological polar surface area (TPSA) is 48.2 Å². The van der Waals surface area contributed by atoms with Crippen molar-refractivity contribution in [1.29, 1.82) is 0 Å². The smallest absolute Gasteiger partial charge is 0.102 e. The third-order valence-corrected chi connectivity index (χ3v) is 6.38. The van der Waals surface area contributed by atoms with Crippen molar-refractivity contribution in [2.24, 2.45) is 15.9 Å². The van der Waals surface area contributed by atoms with Crippen molar-refractivity contribution in [3.63, 3.8) is 0 Å². The van der Waals surface area contributed by atoms with Crippen molar-refractivity contribution in [1.82, 2.24) is 4.90 Å². The van der Waals surface area contributed by atoms with Gasteiger partial charge in [-0.15, -0.1) is 0 Å². The number of amidine groups is 1. The van der Waals surface area contributed by atoms with E-state index in [2.05, 4.69) is 29.0 Å². The number of halogens is 1. The van der Waals surface area contributed by atoms with Crippen LogP contribution in [0.5, 0.6) is 0 Å². The third-order valence-electron chi connectivity index (χ3n) is 6.38. The Hall–Kier alpha value is -1.49. The molecule has 5 heteroatoms. The number of allylic oxidation sites excluding steroid dienone is 2. The molecule has 0 radical (unpaired) electrons. The number of rotatable bonds is 3. The first kappa shape index (κ1) is 17.9. The van der Waals surface area contributed by atoms with Crippen molar-refractivity contribution in [2.45, 2.75) is 83.2 Å². The maximum absolute atomic E-state index is 13.4. The zero-order valence-electron chi connectivity index (χ0n) is 15.9. The van der Waals surface area contributed by atoms with Gasteiger partial charge in [0.15, 0.2) is 0 Å². The van der Waals surface area contributed by atoms with Gasteiger partial charge in [-0.1, -0.05) is 0 Å². The summed E-state index contributed by atoms with van der Waals surface area (Å²) in [5, 5.41) is 9.97. The van der Waals surface area contributed by atoms with Crippen LogP contribution in [0.15, 0.2) is 33.4 Å². The second kappa shape index (κ2) is 7.26. The van der Waals surface area contributed by atoms with E-state index < -0.39 is 6.17 Å². The lowest BCUT2D eigenvalue weighted by Gasteiger charge is -2.38. The molecule has 1 N–H and O–H groups in total. The first-order valence-corrected chi connectivity index (χ1v) is 10.1. The normalized spacial score (nSPS) is 38.0. The summed E-state index contributed by atoms with van der Waals surface area (Å²) in [6, 6.07) is 0.883. The number of fused-ring (bicyclic) bond motifs is 2. The number of hydrogen-bond acceptors (Lipinski definition) is 3. The van der Waals surface area contributed by atoms with Gasteiger partial charge in [-0.05, 0) is 76.5 Å². The van der Waals surface area contributed by atoms with Crippen LogP contribution in [0.4, 0.5) is 4.39 Å². The largest absolute Gasteiger partial charge is 0.393 e. The molecular formula is C21H30FN3O. The Labute approximate surface area is 155 Å². The second-order valence-corrected chi connectivity index (χ2v) is 8.43. The predicted octanol–water partition coefficient (Wildman–Crippen LogP) is 3.82. The molecule has 4 atom stereocenters. The molecule has 4 nitrogen and oxygen atoms in total. The molecule has 0 aromatic heterocycles. The minimum absolute atomic E-state index is 0.146. The van der Waals surface area contributed by atoms with E-state index in [1.165, 1.54) is 5.57 Å². The van der Waals surface area contributed by atoms with E-state index in [1.807, 2.05) is 6.92 Å². The molecule has 2 bridgehead atoms. The Morgan fingerprint density at radius 3 is 2.58 bits per heavy atom. The van der Waals surface area contributed by atoms with Crippen molar-refractivity contribution in [3.05, 3.63) is 23.4 Å².